The molecule has 3 aromatic rings. The fraction of sp³-hybridized carbons (Fsp3) is 0.458. The van der Waals surface area contributed by atoms with Crippen LogP contribution < -0.4 is 10.2 Å². The topological polar surface area (TPSA) is 79.6 Å². The molecule has 2 N–H and O–H groups in total. The lowest BCUT2D eigenvalue weighted by molar-refractivity contribution is 0.184. The molecule has 1 aromatic carbocycles. The fourth-order valence-corrected chi connectivity index (χ4v) is 5.41. The standard InChI is InChI=1S/C24H30N4O2S/c1-5-24(3,4)16-10-11-19-17(12-16)20-22(25-14-26-23(20)31-19)28-27-13-15-8-7-9-18(21(15)29)30-6-2/h7-9,13-14,16,29H,5-6,10-12H2,1-4H3,(H,25,26,28)/b27-13+/t16-/m0/s1. The maximum absolute atomic E-state index is 10.4. The van der Waals surface area contributed by atoms with Crippen LogP contribution in [0.15, 0.2) is 29.6 Å². The third-order valence-electron chi connectivity index (χ3n) is 6.56. The van der Waals surface area contributed by atoms with E-state index in [4.69, 9.17) is 4.74 Å². The number of phenols is 1. The molecular formula is C24H30N4O2S. The minimum Gasteiger partial charge on any atom is -0.504 e. The molecular weight excluding hydrogens is 408 g/mol. The second-order valence-corrected chi connectivity index (χ2v) is 9.77. The molecule has 4 rings (SSSR count). The molecule has 0 bridgehead atoms. The number of nitrogens with one attached hydrogen (secondary N) is 1. The zero-order chi connectivity index (χ0) is 22.0. The number of rotatable bonds is 7. The molecule has 1 aliphatic carbocycles. The van der Waals surface area contributed by atoms with E-state index in [-0.39, 0.29) is 5.75 Å². The van der Waals surface area contributed by atoms with E-state index in [1.807, 2.05) is 13.0 Å². The van der Waals surface area contributed by atoms with Gasteiger partial charge in [0, 0.05) is 10.4 Å². The van der Waals surface area contributed by atoms with Gasteiger partial charge in [-0.1, -0.05) is 33.3 Å². The fourth-order valence-electron chi connectivity index (χ4n) is 4.23. The molecule has 0 fully saturated rings. The summed E-state index contributed by atoms with van der Waals surface area (Å²) >= 11 is 1.77. The van der Waals surface area contributed by atoms with E-state index in [0.717, 1.165) is 23.1 Å². The van der Waals surface area contributed by atoms with Crippen LogP contribution in [0.1, 0.15) is 56.5 Å². The number of ether oxygens (including phenoxy) is 1. The maximum Gasteiger partial charge on any atom is 0.166 e. The summed E-state index contributed by atoms with van der Waals surface area (Å²) < 4.78 is 5.45. The highest BCUT2D eigenvalue weighted by Gasteiger charge is 2.33. The third-order valence-corrected chi connectivity index (χ3v) is 7.76. The van der Waals surface area contributed by atoms with Gasteiger partial charge in [0.2, 0.25) is 0 Å². The number of aromatic hydroxyl groups is 1. The second-order valence-electron chi connectivity index (χ2n) is 8.69. The van der Waals surface area contributed by atoms with E-state index in [1.54, 1.807) is 36.0 Å². The van der Waals surface area contributed by atoms with Crippen LogP contribution in [0.4, 0.5) is 5.82 Å². The van der Waals surface area contributed by atoms with Crippen molar-refractivity contribution >= 4 is 33.6 Å². The number of hydrogen-bond acceptors (Lipinski definition) is 7. The predicted octanol–water partition coefficient (Wildman–Crippen LogP) is 5.78. The summed E-state index contributed by atoms with van der Waals surface area (Å²) in [5.74, 6) is 1.90. The summed E-state index contributed by atoms with van der Waals surface area (Å²) in [7, 11) is 0. The van der Waals surface area contributed by atoms with E-state index in [1.165, 1.54) is 23.3 Å². The summed E-state index contributed by atoms with van der Waals surface area (Å²) in [6.45, 7) is 9.41. The number of benzene rings is 1. The SMILES string of the molecule is CCOc1cccc(/C=N/Nc2ncnc3sc4c(c23)C[C@@H](C(C)(C)CC)CC4)c1O. The van der Waals surface area contributed by atoms with Crippen molar-refractivity contribution in [2.45, 2.75) is 53.4 Å². The number of anilines is 1. The lowest BCUT2D eigenvalue weighted by atomic mass is 9.69. The van der Waals surface area contributed by atoms with Gasteiger partial charge in [0.15, 0.2) is 17.3 Å². The van der Waals surface area contributed by atoms with Gasteiger partial charge < -0.3 is 9.84 Å². The largest absolute Gasteiger partial charge is 0.504 e. The van der Waals surface area contributed by atoms with Crippen LogP contribution in [0.25, 0.3) is 10.2 Å². The summed E-state index contributed by atoms with van der Waals surface area (Å²) in [5.41, 5.74) is 5.36. The Morgan fingerprint density at radius 2 is 2.16 bits per heavy atom. The molecule has 0 spiro atoms. The Morgan fingerprint density at radius 3 is 2.94 bits per heavy atom. The molecule has 0 radical (unpaired) electrons. The van der Waals surface area contributed by atoms with Crippen LogP contribution in [-0.4, -0.2) is 27.9 Å². The van der Waals surface area contributed by atoms with Gasteiger partial charge in [0.05, 0.1) is 18.2 Å². The van der Waals surface area contributed by atoms with Crippen molar-refractivity contribution in [2.24, 2.45) is 16.4 Å². The highest BCUT2D eigenvalue weighted by atomic mass is 32.1. The van der Waals surface area contributed by atoms with Gasteiger partial charge in [-0.15, -0.1) is 11.3 Å². The summed E-state index contributed by atoms with van der Waals surface area (Å²) in [5, 5.41) is 15.8. The highest BCUT2D eigenvalue weighted by molar-refractivity contribution is 7.19. The first-order chi connectivity index (χ1) is 14.9. The molecule has 6 nitrogen and oxygen atoms in total. The lowest BCUT2D eigenvalue weighted by Crippen LogP contribution is -2.28. The van der Waals surface area contributed by atoms with Crippen LogP contribution in [0.3, 0.4) is 0 Å². The van der Waals surface area contributed by atoms with Gasteiger partial charge in [0.25, 0.3) is 0 Å². The normalized spacial score (nSPS) is 16.6. The maximum atomic E-state index is 10.4. The molecule has 0 aliphatic heterocycles. The molecule has 164 valence electrons. The minimum atomic E-state index is 0.0836. The molecule has 2 aromatic heterocycles. The van der Waals surface area contributed by atoms with Gasteiger partial charge in [-0.3, -0.25) is 5.43 Å². The molecule has 0 unspecified atom stereocenters. The van der Waals surface area contributed by atoms with Gasteiger partial charge in [0.1, 0.15) is 11.2 Å². The second kappa shape index (κ2) is 8.83. The Bertz CT molecular complexity index is 1110. The van der Waals surface area contributed by atoms with Crippen molar-refractivity contribution in [3.05, 3.63) is 40.5 Å². The Kier molecular flexibility index (Phi) is 6.14. The quantitative estimate of drug-likeness (QED) is 0.361. The van der Waals surface area contributed by atoms with Gasteiger partial charge in [-0.2, -0.15) is 5.10 Å². The van der Waals surface area contributed by atoms with Crippen LogP contribution in [0, 0.1) is 11.3 Å². The first-order valence-corrected chi connectivity index (χ1v) is 11.7. The number of fused-ring (bicyclic) bond motifs is 3. The van der Waals surface area contributed by atoms with Crippen molar-refractivity contribution in [1.82, 2.24) is 9.97 Å². The molecule has 7 heteroatoms. The summed E-state index contributed by atoms with van der Waals surface area (Å²) in [6.07, 6.45) is 7.73. The minimum absolute atomic E-state index is 0.0836. The third kappa shape index (κ3) is 4.24. The van der Waals surface area contributed by atoms with E-state index in [2.05, 4.69) is 41.3 Å². The van der Waals surface area contributed by atoms with Crippen molar-refractivity contribution in [3.8, 4) is 11.5 Å². The first-order valence-electron chi connectivity index (χ1n) is 10.9. The number of para-hydroxylation sites is 1. The van der Waals surface area contributed by atoms with E-state index >= 15 is 0 Å². The number of hydrogen-bond donors (Lipinski definition) is 2. The van der Waals surface area contributed by atoms with E-state index < -0.39 is 0 Å². The summed E-state index contributed by atoms with van der Waals surface area (Å²) in [6, 6.07) is 5.37. The van der Waals surface area contributed by atoms with Crippen LogP contribution in [0.2, 0.25) is 0 Å². The lowest BCUT2D eigenvalue weighted by Gasteiger charge is -2.36. The zero-order valence-electron chi connectivity index (χ0n) is 18.6. The van der Waals surface area contributed by atoms with Crippen molar-refractivity contribution in [2.75, 3.05) is 12.0 Å². The molecule has 1 aliphatic rings. The van der Waals surface area contributed by atoms with E-state index in [0.29, 0.717) is 35.1 Å². The van der Waals surface area contributed by atoms with Gasteiger partial charge in [-0.05, 0) is 55.2 Å². The van der Waals surface area contributed by atoms with Crippen LogP contribution in [0.5, 0.6) is 11.5 Å². The number of aryl methyl sites for hydroxylation is 1. The molecule has 0 amide bonds. The Morgan fingerprint density at radius 1 is 1.32 bits per heavy atom. The molecule has 1 atom stereocenters. The Labute approximate surface area is 187 Å². The van der Waals surface area contributed by atoms with Gasteiger partial charge in [-0.25, -0.2) is 9.97 Å². The monoisotopic (exact) mass is 438 g/mol. The van der Waals surface area contributed by atoms with E-state index in [9.17, 15) is 5.11 Å². The van der Waals surface area contributed by atoms with Crippen molar-refractivity contribution in [1.29, 1.82) is 0 Å². The van der Waals surface area contributed by atoms with Crippen molar-refractivity contribution < 1.29 is 9.84 Å². The number of hydrazone groups is 1. The van der Waals surface area contributed by atoms with Crippen molar-refractivity contribution in [3.63, 3.8) is 0 Å². The first kappa shape index (κ1) is 21.6. The smallest absolute Gasteiger partial charge is 0.166 e. The Balaban J connectivity index is 1.62. The number of phenolic OH excluding ortho intramolecular Hbond substituents is 1. The van der Waals surface area contributed by atoms with Gasteiger partial charge >= 0.3 is 0 Å². The molecule has 2 heterocycles. The number of aromatic nitrogens is 2. The number of nitrogens with zero attached hydrogens (tertiary/aromatic N) is 3. The average Bonchev–Trinajstić information content (AvgIpc) is 3.15. The predicted molar refractivity (Wildman–Crippen MR) is 127 cm³/mol. The molecule has 0 saturated carbocycles. The molecule has 0 saturated heterocycles. The Hall–Kier alpha value is -2.67. The summed E-state index contributed by atoms with van der Waals surface area (Å²) in [4.78, 5) is 11.4. The molecule has 31 heavy (non-hydrogen) atoms. The zero-order valence-corrected chi connectivity index (χ0v) is 19.4. The van der Waals surface area contributed by atoms with Crippen LogP contribution >= 0.6 is 11.3 Å². The number of thiophene rings is 1. The van der Waals surface area contributed by atoms with Crippen LogP contribution in [-0.2, 0) is 12.8 Å². The highest BCUT2D eigenvalue weighted by Crippen LogP contribution is 2.45. The average molecular weight is 439 g/mol.